The average molecular weight is 527 g/mol. The summed E-state index contributed by atoms with van der Waals surface area (Å²) < 4.78 is 18.1. The van der Waals surface area contributed by atoms with Crippen molar-refractivity contribution in [3.8, 4) is 0 Å². The Morgan fingerprint density at radius 3 is 2.58 bits per heavy atom. The number of fused-ring (bicyclic) bond motifs is 1. The number of nitrogens with zero attached hydrogens (tertiary/aromatic N) is 4. The molecule has 10 heteroatoms. The van der Waals surface area contributed by atoms with E-state index in [1.165, 1.54) is 19.1 Å². The van der Waals surface area contributed by atoms with Gasteiger partial charge in [-0.25, -0.2) is 9.37 Å². The highest BCUT2D eigenvalue weighted by atomic mass is 35.5. The van der Waals surface area contributed by atoms with Crippen molar-refractivity contribution >= 4 is 51.6 Å². The molecular formula is C26H25Cl2FN6O. The van der Waals surface area contributed by atoms with Gasteiger partial charge in [0.15, 0.2) is 5.82 Å². The van der Waals surface area contributed by atoms with Crippen LogP contribution in [-0.4, -0.2) is 33.1 Å². The number of piperidine rings is 1. The maximum atomic E-state index is 14.3. The molecule has 186 valence electrons. The van der Waals surface area contributed by atoms with Crippen LogP contribution in [0.5, 0.6) is 0 Å². The van der Waals surface area contributed by atoms with Crippen molar-refractivity contribution in [3.05, 3.63) is 81.8 Å². The van der Waals surface area contributed by atoms with Crippen LogP contribution in [0.15, 0.2) is 54.6 Å². The van der Waals surface area contributed by atoms with E-state index in [2.05, 4.69) is 15.2 Å². The van der Waals surface area contributed by atoms with E-state index in [1.807, 2.05) is 33.4 Å². The van der Waals surface area contributed by atoms with E-state index in [1.54, 1.807) is 18.2 Å². The third-order valence-electron chi connectivity index (χ3n) is 6.54. The van der Waals surface area contributed by atoms with Gasteiger partial charge in [-0.05, 0) is 54.8 Å². The smallest absolute Gasteiger partial charge is 0.221 e. The second-order valence-corrected chi connectivity index (χ2v) is 9.70. The molecule has 0 unspecified atom stereocenters. The molecule has 5 rings (SSSR count). The summed E-state index contributed by atoms with van der Waals surface area (Å²) in [5, 5.41) is 12.8. The van der Waals surface area contributed by atoms with E-state index in [-0.39, 0.29) is 17.8 Å². The van der Waals surface area contributed by atoms with E-state index in [0.717, 1.165) is 11.1 Å². The van der Waals surface area contributed by atoms with Crippen molar-refractivity contribution in [2.75, 3.05) is 23.3 Å². The fourth-order valence-electron chi connectivity index (χ4n) is 4.89. The van der Waals surface area contributed by atoms with E-state index >= 15 is 0 Å². The molecule has 0 radical (unpaired) electrons. The number of carbonyl (C=O) groups is 1. The lowest BCUT2D eigenvalue weighted by molar-refractivity contribution is -0.114. The number of anilines is 2. The molecule has 0 spiro atoms. The quantitative estimate of drug-likeness (QED) is 0.331. The first kappa shape index (κ1) is 24.3. The molecule has 36 heavy (non-hydrogen) atoms. The summed E-state index contributed by atoms with van der Waals surface area (Å²) in [7, 11) is 0. The number of benzene rings is 2. The molecule has 7 nitrogen and oxygen atoms in total. The molecule has 1 fully saturated rings. The average Bonchev–Trinajstić information content (AvgIpc) is 3.11. The van der Waals surface area contributed by atoms with Crippen LogP contribution in [0.3, 0.4) is 0 Å². The number of hydrogen-bond acceptors (Lipinski definition) is 4. The van der Waals surface area contributed by atoms with E-state index in [0.29, 0.717) is 65.3 Å². The Labute approximate surface area is 217 Å². The zero-order chi connectivity index (χ0) is 25.4. The molecule has 0 saturated carbocycles. The summed E-state index contributed by atoms with van der Waals surface area (Å²) in [5.41, 5.74) is 3.28. The lowest BCUT2D eigenvalue weighted by atomic mass is 10.0. The molecule has 1 aliphatic heterocycles. The van der Waals surface area contributed by atoms with Gasteiger partial charge in [-0.2, -0.15) is 0 Å². The molecule has 3 heterocycles. The van der Waals surface area contributed by atoms with Crippen molar-refractivity contribution in [1.82, 2.24) is 14.1 Å². The van der Waals surface area contributed by atoms with Gasteiger partial charge in [0.05, 0.1) is 23.3 Å². The minimum absolute atomic E-state index is 0.00561. The van der Waals surface area contributed by atoms with Gasteiger partial charge in [0, 0.05) is 31.1 Å². The van der Waals surface area contributed by atoms with Gasteiger partial charge in [-0.1, -0.05) is 41.4 Å². The first-order valence-corrected chi connectivity index (χ1v) is 12.4. The number of halogens is 3. The van der Waals surface area contributed by atoms with Crippen molar-refractivity contribution in [3.63, 3.8) is 0 Å². The molecule has 0 aliphatic carbocycles. The van der Waals surface area contributed by atoms with Gasteiger partial charge in [0.2, 0.25) is 11.5 Å². The first-order chi connectivity index (χ1) is 17.3. The SMILES string of the molecule is CC(=O)Nc1ccc(Cl)nc1N1CCC(n2c(=N)n(Cc3ccccc3Cl)c3ccc(F)cc32)CC1. The number of carbonyl (C=O) groups excluding carboxylic acids is 1. The Morgan fingerprint density at radius 2 is 1.86 bits per heavy atom. The van der Waals surface area contributed by atoms with E-state index < -0.39 is 0 Å². The Hall–Kier alpha value is -3.36. The molecule has 1 amide bonds. The van der Waals surface area contributed by atoms with E-state index in [4.69, 9.17) is 28.6 Å². The largest absolute Gasteiger partial charge is 0.355 e. The van der Waals surface area contributed by atoms with Crippen molar-refractivity contribution in [2.45, 2.75) is 32.4 Å². The monoisotopic (exact) mass is 526 g/mol. The molecule has 2 aromatic carbocycles. The van der Waals surface area contributed by atoms with Gasteiger partial charge in [-0.15, -0.1) is 0 Å². The number of rotatable bonds is 5. The fraction of sp³-hybridized carbons (Fsp3) is 0.269. The van der Waals surface area contributed by atoms with Crippen LogP contribution in [0.4, 0.5) is 15.9 Å². The number of pyridine rings is 1. The highest BCUT2D eigenvalue weighted by molar-refractivity contribution is 6.31. The van der Waals surface area contributed by atoms with Crippen LogP contribution < -0.4 is 15.8 Å². The lowest BCUT2D eigenvalue weighted by Gasteiger charge is -2.34. The summed E-state index contributed by atoms with van der Waals surface area (Å²) in [6.45, 7) is 3.15. The van der Waals surface area contributed by atoms with Crippen LogP contribution in [0, 0.1) is 11.2 Å². The Kier molecular flexibility index (Phi) is 6.73. The maximum absolute atomic E-state index is 14.3. The summed E-state index contributed by atoms with van der Waals surface area (Å²) in [5.74, 6) is 0.101. The van der Waals surface area contributed by atoms with Crippen molar-refractivity contribution in [2.24, 2.45) is 0 Å². The molecule has 1 saturated heterocycles. The molecule has 2 aromatic heterocycles. The number of imidazole rings is 1. The predicted molar refractivity (Wildman–Crippen MR) is 140 cm³/mol. The summed E-state index contributed by atoms with van der Waals surface area (Å²) in [6.07, 6.45) is 1.43. The maximum Gasteiger partial charge on any atom is 0.221 e. The highest BCUT2D eigenvalue weighted by Crippen LogP contribution is 2.32. The topological polar surface area (TPSA) is 78.9 Å². The molecule has 0 atom stereocenters. The van der Waals surface area contributed by atoms with Crippen LogP contribution in [0.25, 0.3) is 11.0 Å². The minimum Gasteiger partial charge on any atom is -0.355 e. The number of aromatic nitrogens is 3. The Balaban J connectivity index is 1.47. The van der Waals surface area contributed by atoms with Gasteiger partial charge >= 0.3 is 0 Å². The molecule has 4 aromatic rings. The Bertz CT molecular complexity index is 1510. The molecule has 1 aliphatic rings. The summed E-state index contributed by atoms with van der Waals surface area (Å²) in [6, 6.07) is 15.6. The van der Waals surface area contributed by atoms with Gasteiger partial charge < -0.3 is 19.4 Å². The summed E-state index contributed by atoms with van der Waals surface area (Å²) >= 11 is 12.6. The number of nitrogens with one attached hydrogen (secondary N) is 2. The molecular weight excluding hydrogens is 502 g/mol. The van der Waals surface area contributed by atoms with Gasteiger partial charge in [-0.3, -0.25) is 10.2 Å². The first-order valence-electron chi connectivity index (χ1n) is 11.7. The van der Waals surface area contributed by atoms with Crippen LogP contribution in [-0.2, 0) is 11.3 Å². The standard InChI is InChI=1S/C26H25Cl2FN6O/c1-16(36)31-21-7-9-24(28)32-25(21)33-12-10-19(11-13-33)35-23-14-18(29)6-8-22(23)34(26(35)30)15-17-4-2-3-5-20(17)27/h2-9,14,19,30H,10-13,15H2,1H3,(H,31,36). The second-order valence-electron chi connectivity index (χ2n) is 8.91. The minimum atomic E-state index is -0.341. The molecule has 2 N–H and O–H groups in total. The van der Waals surface area contributed by atoms with Crippen LogP contribution >= 0.6 is 23.2 Å². The van der Waals surface area contributed by atoms with Gasteiger partial charge in [0.25, 0.3) is 0 Å². The lowest BCUT2D eigenvalue weighted by Crippen LogP contribution is -2.38. The third kappa shape index (κ3) is 4.70. The van der Waals surface area contributed by atoms with Gasteiger partial charge in [0.1, 0.15) is 11.0 Å². The zero-order valence-electron chi connectivity index (χ0n) is 19.6. The second kappa shape index (κ2) is 9.95. The highest BCUT2D eigenvalue weighted by Gasteiger charge is 2.27. The third-order valence-corrected chi connectivity index (χ3v) is 7.12. The number of amides is 1. The molecule has 0 bridgehead atoms. The van der Waals surface area contributed by atoms with Crippen LogP contribution in [0.1, 0.15) is 31.4 Å². The normalized spacial score (nSPS) is 14.4. The van der Waals surface area contributed by atoms with Crippen molar-refractivity contribution < 1.29 is 9.18 Å². The Morgan fingerprint density at radius 1 is 1.11 bits per heavy atom. The zero-order valence-corrected chi connectivity index (χ0v) is 21.2. The van der Waals surface area contributed by atoms with Crippen molar-refractivity contribution in [1.29, 1.82) is 5.41 Å². The van der Waals surface area contributed by atoms with Crippen LogP contribution in [0.2, 0.25) is 10.2 Å². The number of hydrogen-bond donors (Lipinski definition) is 2. The predicted octanol–water partition coefficient (Wildman–Crippen LogP) is 5.61. The summed E-state index contributed by atoms with van der Waals surface area (Å²) in [4.78, 5) is 18.2. The van der Waals surface area contributed by atoms with E-state index in [9.17, 15) is 9.18 Å². The fourth-order valence-corrected chi connectivity index (χ4v) is 5.23.